The largest absolute Gasteiger partial charge is 0.352 e. The maximum absolute atomic E-state index is 13.4. The van der Waals surface area contributed by atoms with E-state index >= 15 is 0 Å². The van der Waals surface area contributed by atoms with Crippen LogP contribution in [0.25, 0.3) is 0 Å². The Morgan fingerprint density at radius 2 is 2.05 bits per heavy atom. The van der Waals surface area contributed by atoms with Crippen molar-refractivity contribution in [3.05, 3.63) is 29.3 Å². The zero-order chi connectivity index (χ0) is 14.7. The number of hydrogen-bond acceptors (Lipinski definition) is 4. The van der Waals surface area contributed by atoms with Gasteiger partial charge < -0.3 is 16.1 Å². The highest BCUT2D eigenvalue weighted by atomic mass is 19.1. The topological polar surface area (TPSA) is 96.2 Å². The molecule has 0 saturated carbocycles. The molecule has 1 unspecified atom stereocenters. The van der Waals surface area contributed by atoms with Gasteiger partial charge in [0.25, 0.3) is 5.91 Å². The Kier molecular flexibility index (Phi) is 4.14. The molecule has 1 fully saturated rings. The normalized spacial score (nSPS) is 17.8. The van der Waals surface area contributed by atoms with Crippen LogP contribution in [0.5, 0.6) is 0 Å². The molecule has 20 heavy (non-hydrogen) atoms. The Balaban J connectivity index is 2.00. The van der Waals surface area contributed by atoms with E-state index in [1.807, 2.05) is 5.43 Å². The van der Waals surface area contributed by atoms with Gasteiger partial charge in [0.15, 0.2) is 11.6 Å². The SMILES string of the molecule is NNc1c(F)cc(C(=O)NCC2CCC(=O)N2)cc1F. The van der Waals surface area contributed by atoms with Gasteiger partial charge in [-0.3, -0.25) is 15.4 Å². The molecule has 1 aliphatic heterocycles. The first-order valence-corrected chi connectivity index (χ1v) is 6.04. The summed E-state index contributed by atoms with van der Waals surface area (Å²) in [5, 5.41) is 5.19. The number of hydrazine groups is 1. The van der Waals surface area contributed by atoms with Crippen molar-refractivity contribution in [1.29, 1.82) is 0 Å². The number of carbonyl (C=O) groups is 2. The molecule has 0 radical (unpaired) electrons. The van der Waals surface area contributed by atoms with Crippen LogP contribution < -0.4 is 21.9 Å². The highest BCUT2D eigenvalue weighted by Crippen LogP contribution is 2.19. The molecule has 108 valence electrons. The smallest absolute Gasteiger partial charge is 0.251 e. The average molecular weight is 284 g/mol. The molecule has 1 aliphatic rings. The van der Waals surface area contributed by atoms with E-state index in [0.29, 0.717) is 12.8 Å². The van der Waals surface area contributed by atoms with E-state index in [9.17, 15) is 18.4 Å². The molecular formula is C12H14F2N4O2. The number of halogens is 2. The van der Waals surface area contributed by atoms with Crippen molar-refractivity contribution in [3.8, 4) is 0 Å². The molecule has 1 atom stereocenters. The zero-order valence-corrected chi connectivity index (χ0v) is 10.5. The maximum Gasteiger partial charge on any atom is 0.251 e. The van der Waals surface area contributed by atoms with Crippen LogP contribution in [0.2, 0.25) is 0 Å². The predicted octanol–water partition coefficient (Wildman–Crippen LogP) is 0.259. The third kappa shape index (κ3) is 3.02. The number of nitrogen functional groups attached to an aromatic ring is 1. The lowest BCUT2D eigenvalue weighted by Crippen LogP contribution is -2.38. The Morgan fingerprint density at radius 1 is 1.40 bits per heavy atom. The van der Waals surface area contributed by atoms with E-state index < -0.39 is 23.2 Å². The van der Waals surface area contributed by atoms with E-state index in [1.54, 1.807) is 0 Å². The lowest BCUT2D eigenvalue weighted by Gasteiger charge is -2.12. The van der Waals surface area contributed by atoms with Gasteiger partial charge in [0.1, 0.15) is 5.69 Å². The first kappa shape index (κ1) is 14.2. The summed E-state index contributed by atoms with van der Waals surface area (Å²) >= 11 is 0. The highest BCUT2D eigenvalue weighted by molar-refractivity contribution is 5.94. The summed E-state index contributed by atoms with van der Waals surface area (Å²) in [4.78, 5) is 22.8. The van der Waals surface area contributed by atoms with Gasteiger partial charge >= 0.3 is 0 Å². The quantitative estimate of drug-likeness (QED) is 0.471. The van der Waals surface area contributed by atoms with Gasteiger partial charge in [0.05, 0.1) is 0 Å². The molecule has 2 rings (SSSR count). The minimum Gasteiger partial charge on any atom is -0.352 e. The van der Waals surface area contributed by atoms with E-state index in [1.165, 1.54) is 0 Å². The second-order valence-corrected chi connectivity index (χ2v) is 4.47. The average Bonchev–Trinajstić information content (AvgIpc) is 2.81. The minimum atomic E-state index is -0.952. The van der Waals surface area contributed by atoms with Gasteiger partial charge in [-0.2, -0.15) is 0 Å². The summed E-state index contributed by atoms with van der Waals surface area (Å²) in [5.74, 6) is 2.37. The highest BCUT2D eigenvalue weighted by Gasteiger charge is 2.21. The summed E-state index contributed by atoms with van der Waals surface area (Å²) in [6.45, 7) is 0.213. The van der Waals surface area contributed by atoms with Crippen molar-refractivity contribution in [3.63, 3.8) is 0 Å². The summed E-state index contributed by atoms with van der Waals surface area (Å²) in [6, 6.07) is 1.63. The molecule has 1 saturated heterocycles. The minimum absolute atomic E-state index is 0.0697. The van der Waals surface area contributed by atoms with Crippen LogP contribution in [-0.2, 0) is 4.79 Å². The number of rotatable bonds is 4. The maximum atomic E-state index is 13.4. The second-order valence-electron chi connectivity index (χ2n) is 4.47. The van der Waals surface area contributed by atoms with Gasteiger partial charge in [-0.15, -0.1) is 0 Å². The van der Waals surface area contributed by atoms with Gasteiger partial charge in [-0.05, 0) is 18.6 Å². The molecule has 5 N–H and O–H groups in total. The van der Waals surface area contributed by atoms with Gasteiger partial charge in [-0.25, -0.2) is 8.78 Å². The molecule has 0 aromatic heterocycles. The second kappa shape index (κ2) is 5.83. The van der Waals surface area contributed by atoms with Crippen LogP contribution in [0, 0.1) is 11.6 Å². The predicted molar refractivity (Wildman–Crippen MR) is 67.7 cm³/mol. The molecule has 1 aromatic carbocycles. The number of carbonyl (C=O) groups excluding carboxylic acids is 2. The van der Waals surface area contributed by atoms with Crippen LogP contribution in [0.1, 0.15) is 23.2 Å². The summed E-state index contributed by atoms with van der Waals surface area (Å²) in [6.07, 6.45) is 1.04. The number of nitrogens with two attached hydrogens (primary N) is 1. The lowest BCUT2D eigenvalue weighted by atomic mass is 10.1. The van der Waals surface area contributed by atoms with Crippen LogP contribution in [0.3, 0.4) is 0 Å². The fourth-order valence-electron chi connectivity index (χ4n) is 1.99. The van der Waals surface area contributed by atoms with Crippen molar-refractivity contribution in [2.24, 2.45) is 5.84 Å². The Hall–Kier alpha value is -2.22. The van der Waals surface area contributed by atoms with E-state index in [0.717, 1.165) is 12.1 Å². The van der Waals surface area contributed by atoms with Crippen molar-refractivity contribution in [2.45, 2.75) is 18.9 Å². The monoisotopic (exact) mass is 284 g/mol. The van der Waals surface area contributed by atoms with Crippen LogP contribution in [-0.4, -0.2) is 24.4 Å². The molecule has 1 heterocycles. The lowest BCUT2D eigenvalue weighted by molar-refractivity contribution is -0.119. The zero-order valence-electron chi connectivity index (χ0n) is 10.5. The van der Waals surface area contributed by atoms with Crippen LogP contribution in [0.4, 0.5) is 14.5 Å². The summed E-state index contributed by atoms with van der Waals surface area (Å²) in [7, 11) is 0. The molecule has 1 aromatic rings. The number of anilines is 1. The first-order chi connectivity index (χ1) is 9.51. The van der Waals surface area contributed by atoms with Crippen molar-refractivity contribution < 1.29 is 18.4 Å². The van der Waals surface area contributed by atoms with Crippen LogP contribution in [0.15, 0.2) is 12.1 Å². The fraction of sp³-hybridized carbons (Fsp3) is 0.333. The molecule has 0 bridgehead atoms. The molecular weight excluding hydrogens is 270 g/mol. The Bertz CT molecular complexity index is 527. The fourth-order valence-corrected chi connectivity index (χ4v) is 1.99. The molecule has 8 heteroatoms. The van der Waals surface area contributed by atoms with Crippen molar-refractivity contribution >= 4 is 17.5 Å². The third-order valence-electron chi connectivity index (χ3n) is 3.04. The van der Waals surface area contributed by atoms with E-state index in [-0.39, 0.29) is 24.1 Å². The van der Waals surface area contributed by atoms with E-state index in [4.69, 9.17) is 5.84 Å². The van der Waals surface area contributed by atoms with Gasteiger partial charge in [0, 0.05) is 24.6 Å². The van der Waals surface area contributed by atoms with Gasteiger partial charge in [0.2, 0.25) is 5.91 Å². The molecule has 2 amide bonds. The Labute approximate surface area is 113 Å². The summed E-state index contributed by atoms with van der Waals surface area (Å²) in [5.41, 5.74) is 1.24. The molecule has 0 spiro atoms. The molecule has 0 aliphatic carbocycles. The van der Waals surface area contributed by atoms with Crippen molar-refractivity contribution in [1.82, 2.24) is 10.6 Å². The number of amides is 2. The number of benzene rings is 1. The third-order valence-corrected chi connectivity index (χ3v) is 3.04. The van der Waals surface area contributed by atoms with Gasteiger partial charge in [-0.1, -0.05) is 0 Å². The summed E-state index contributed by atoms with van der Waals surface area (Å²) < 4.78 is 26.9. The van der Waals surface area contributed by atoms with E-state index in [2.05, 4.69) is 10.6 Å². The van der Waals surface area contributed by atoms with Crippen molar-refractivity contribution in [2.75, 3.05) is 12.0 Å². The number of hydrogen-bond donors (Lipinski definition) is 4. The Morgan fingerprint density at radius 3 is 2.55 bits per heavy atom. The molecule has 6 nitrogen and oxygen atoms in total. The standard InChI is InChI=1S/C12H14F2N4O2/c13-8-3-6(4-9(14)11(8)18-15)12(20)16-5-7-1-2-10(19)17-7/h3-4,7,18H,1-2,5,15H2,(H,16,20)(H,17,19). The van der Waals surface area contributed by atoms with Crippen LogP contribution >= 0.6 is 0 Å². The number of nitrogens with one attached hydrogen (secondary N) is 3. The first-order valence-electron chi connectivity index (χ1n) is 6.04.